The van der Waals surface area contributed by atoms with Gasteiger partial charge in [-0.15, -0.1) is 0 Å². The average molecular weight is 329 g/mol. The molecule has 0 radical (unpaired) electrons. The highest BCUT2D eigenvalue weighted by Crippen LogP contribution is 2.27. The fraction of sp³-hybridized carbons (Fsp3) is 0. The standard InChI is InChI=1S/C12H9ClN2O5S/c13-11-7-8(1-6-12(11)16)14-21(19,20)10-4-2-9(3-5-10)15(17)18/h1-7,14,16H. The summed E-state index contributed by atoms with van der Waals surface area (Å²) in [6.07, 6.45) is 0. The van der Waals surface area contributed by atoms with Gasteiger partial charge in [-0.1, -0.05) is 11.6 Å². The minimum atomic E-state index is -3.90. The summed E-state index contributed by atoms with van der Waals surface area (Å²) in [5.41, 5.74) is -0.0437. The lowest BCUT2D eigenvalue weighted by atomic mass is 10.3. The van der Waals surface area contributed by atoms with Crippen molar-refractivity contribution in [3.63, 3.8) is 0 Å². The number of phenolic OH excluding ortho intramolecular Hbond substituents is 1. The lowest BCUT2D eigenvalue weighted by molar-refractivity contribution is -0.384. The van der Waals surface area contributed by atoms with E-state index in [4.69, 9.17) is 11.6 Å². The Hall–Kier alpha value is -2.32. The number of hydrogen-bond donors (Lipinski definition) is 2. The molecule has 0 amide bonds. The minimum absolute atomic E-state index is 0.00102. The molecule has 0 fully saturated rings. The van der Waals surface area contributed by atoms with Gasteiger partial charge in [-0.25, -0.2) is 8.42 Å². The van der Waals surface area contributed by atoms with Crippen molar-refractivity contribution >= 4 is 33.0 Å². The predicted molar refractivity (Wildman–Crippen MR) is 77.0 cm³/mol. The number of sulfonamides is 1. The number of benzene rings is 2. The fourth-order valence-electron chi connectivity index (χ4n) is 1.53. The molecule has 7 nitrogen and oxygen atoms in total. The van der Waals surface area contributed by atoms with E-state index in [0.29, 0.717) is 0 Å². The first-order valence-electron chi connectivity index (χ1n) is 5.55. The van der Waals surface area contributed by atoms with Gasteiger partial charge < -0.3 is 5.11 Å². The number of hydrogen-bond acceptors (Lipinski definition) is 5. The number of non-ortho nitro benzene ring substituents is 1. The van der Waals surface area contributed by atoms with Gasteiger partial charge in [0.2, 0.25) is 0 Å². The van der Waals surface area contributed by atoms with E-state index in [1.54, 1.807) is 0 Å². The summed E-state index contributed by atoms with van der Waals surface area (Å²) in [6, 6.07) is 8.28. The zero-order valence-electron chi connectivity index (χ0n) is 10.4. The summed E-state index contributed by atoms with van der Waals surface area (Å²) in [6.45, 7) is 0. The van der Waals surface area contributed by atoms with Crippen molar-refractivity contribution in [3.8, 4) is 5.75 Å². The smallest absolute Gasteiger partial charge is 0.269 e. The van der Waals surface area contributed by atoms with Gasteiger partial charge in [0.25, 0.3) is 15.7 Å². The highest BCUT2D eigenvalue weighted by molar-refractivity contribution is 7.92. The molecule has 9 heteroatoms. The van der Waals surface area contributed by atoms with Crippen LogP contribution in [0.1, 0.15) is 0 Å². The maximum atomic E-state index is 12.1. The SMILES string of the molecule is O=[N+]([O-])c1ccc(S(=O)(=O)Nc2ccc(O)c(Cl)c2)cc1. The lowest BCUT2D eigenvalue weighted by Crippen LogP contribution is -2.12. The molecule has 0 saturated carbocycles. The first kappa shape index (κ1) is 15.1. The van der Waals surface area contributed by atoms with Crippen LogP contribution in [0.4, 0.5) is 11.4 Å². The summed E-state index contributed by atoms with van der Waals surface area (Å²) < 4.78 is 26.4. The van der Waals surface area contributed by atoms with Crippen LogP contribution < -0.4 is 4.72 Å². The molecule has 2 rings (SSSR count). The Morgan fingerprint density at radius 2 is 1.76 bits per heavy atom. The van der Waals surface area contributed by atoms with Crippen molar-refractivity contribution in [3.05, 3.63) is 57.6 Å². The van der Waals surface area contributed by atoms with Crippen LogP contribution in [-0.4, -0.2) is 18.4 Å². The number of aromatic hydroxyl groups is 1. The topological polar surface area (TPSA) is 110 Å². The van der Waals surface area contributed by atoms with Crippen LogP contribution in [-0.2, 0) is 10.0 Å². The molecule has 2 N–H and O–H groups in total. The van der Waals surface area contributed by atoms with Gasteiger partial charge in [-0.2, -0.15) is 0 Å². The number of phenols is 1. The van der Waals surface area contributed by atoms with Crippen molar-refractivity contribution < 1.29 is 18.4 Å². The van der Waals surface area contributed by atoms with Crippen molar-refractivity contribution in [2.45, 2.75) is 4.90 Å². The Balaban J connectivity index is 2.29. The van der Waals surface area contributed by atoms with E-state index in [9.17, 15) is 23.6 Å². The Kier molecular flexibility index (Phi) is 4.01. The van der Waals surface area contributed by atoms with Crippen molar-refractivity contribution in [2.75, 3.05) is 4.72 Å². The average Bonchev–Trinajstić information content (AvgIpc) is 2.43. The van der Waals surface area contributed by atoms with Crippen LogP contribution in [0.25, 0.3) is 0 Å². The number of nitrogens with one attached hydrogen (secondary N) is 1. The third-order valence-electron chi connectivity index (χ3n) is 2.56. The lowest BCUT2D eigenvalue weighted by Gasteiger charge is -2.08. The number of nitrogens with zero attached hydrogens (tertiary/aromatic N) is 1. The maximum Gasteiger partial charge on any atom is 0.269 e. The quantitative estimate of drug-likeness (QED) is 0.509. The van der Waals surface area contributed by atoms with Gasteiger partial charge in [0.05, 0.1) is 20.5 Å². The normalized spacial score (nSPS) is 11.1. The highest BCUT2D eigenvalue weighted by atomic mass is 35.5. The van der Waals surface area contributed by atoms with Gasteiger partial charge in [-0.3, -0.25) is 14.8 Å². The second kappa shape index (κ2) is 5.58. The van der Waals surface area contributed by atoms with E-state index in [1.807, 2.05) is 0 Å². The molecule has 0 atom stereocenters. The van der Waals surface area contributed by atoms with Gasteiger partial charge in [0.15, 0.2) is 0 Å². The molecule has 0 spiro atoms. The van der Waals surface area contributed by atoms with Crippen LogP contribution in [0.15, 0.2) is 47.4 Å². The summed E-state index contributed by atoms with van der Waals surface area (Å²) in [5, 5.41) is 19.8. The molecule has 0 aliphatic rings. The molecule has 0 unspecified atom stereocenters. The van der Waals surface area contributed by atoms with Crippen molar-refractivity contribution in [2.24, 2.45) is 0 Å². The van der Waals surface area contributed by atoms with E-state index in [1.165, 1.54) is 18.2 Å². The minimum Gasteiger partial charge on any atom is -0.506 e. The number of nitro groups is 1. The number of anilines is 1. The second-order valence-corrected chi connectivity index (χ2v) is 6.11. The Bertz CT molecular complexity index is 790. The van der Waals surface area contributed by atoms with Crippen LogP contribution >= 0.6 is 11.6 Å². The number of nitro benzene ring substituents is 1. The van der Waals surface area contributed by atoms with Gasteiger partial charge in [-0.05, 0) is 30.3 Å². The molecule has 0 aromatic heterocycles. The first-order valence-corrected chi connectivity index (χ1v) is 7.41. The summed E-state index contributed by atoms with van der Waals surface area (Å²) in [4.78, 5) is 9.78. The monoisotopic (exact) mass is 328 g/mol. The molecule has 2 aromatic carbocycles. The Labute approximate surface area is 125 Å². The molecule has 0 aliphatic carbocycles. The summed E-state index contributed by atoms with van der Waals surface area (Å²) >= 11 is 5.68. The zero-order chi connectivity index (χ0) is 15.6. The Morgan fingerprint density at radius 3 is 2.29 bits per heavy atom. The van der Waals surface area contributed by atoms with Gasteiger partial charge in [0.1, 0.15) is 5.75 Å². The van der Waals surface area contributed by atoms with E-state index < -0.39 is 14.9 Å². The van der Waals surface area contributed by atoms with Crippen LogP contribution in [0.3, 0.4) is 0 Å². The van der Waals surface area contributed by atoms with E-state index in [0.717, 1.165) is 24.3 Å². The zero-order valence-corrected chi connectivity index (χ0v) is 11.9. The summed E-state index contributed by atoms with van der Waals surface area (Å²) in [5.74, 6) is -0.171. The molecule has 0 heterocycles. The molecule has 21 heavy (non-hydrogen) atoms. The van der Waals surface area contributed by atoms with E-state index in [2.05, 4.69) is 4.72 Å². The third kappa shape index (κ3) is 3.41. The van der Waals surface area contributed by atoms with Gasteiger partial charge >= 0.3 is 0 Å². The van der Waals surface area contributed by atoms with Crippen LogP contribution in [0.5, 0.6) is 5.75 Å². The van der Waals surface area contributed by atoms with Crippen LogP contribution in [0, 0.1) is 10.1 Å². The molecule has 110 valence electrons. The highest BCUT2D eigenvalue weighted by Gasteiger charge is 2.16. The molecule has 0 bridgehead atoms. The summed E-state index contributed by atoms with van der Waals surface area (Å²) in [7, 11) is -3.90. The van der Waals surface area contributed by atoms with Gasteiger partial charge in [0, 0.05) is 12.1 Å². The molecule has 0 aliphatic heterocycles. The van der Waals surface area contributed by atoms with Crippen LogP contribution in [0.2, 0.25) is 5.02 Å². The third-order valence-corrected chi connectivity index (χ3v) is 4.26. The van der Waals surface area contributed by atoms with Crippen molar-refractivity contribution in [1.29, 1.82) is 0 Å². The molecule has 0 saturated heterocycles. The number of rotatable bonds is 4. The number of halogens is 1. The maximum absolute atomic E-state index is 12.1. The molecular weight excluding hydrogens is 320 g/mol. The van der Waals surface area contributed by atoms with E-state index >= 15 is 0 Å². The largest absolute Gasteiger partial charge is 0.506 e. The predicted octanol–water partition coefficient (Wildman–Crippen LogP) is 2.75. The fourth-order valence-corrected chi connectivity index (χ4v) is 2.76. The molecule has 2 aromatic rings. The second-order valence-electron chi connectivity index (χ2n) is 4.02. The molecular formula is C12H9ClN2O5S. The van der Waals surface area contributed by atoms with Crippen molar-refractivity contribution in [1.82, 2.24) is 0 Å². The Morgan fingerprint density at radius 1 is 1.14 bits per heavy atom. The van der Waals surface area contributed by atoms with E-state index in [-0.39, 0.29) is 27.0 Å². The first-order chi connectivity index (χ1) is 9.79.